The van der Waals surface area contributed by atoms with E-state index in [9.17, 15) is 14.7 Å². The average Bonchev–Trinajstić information content (AvgIpc) is 2.51. The Balaban J connectivity index is 2.29. The van der Waals surface area contributed by atoms with E-state index in [0.717, 1.165) is 32.1 Å². The van der Waals surface area contributed by atoms with Gasteiger partial charge in [-0.15, -0.1) is 0 Å². The molecule has 1 N–H and O–H groups in total. The van der Waals surface area contributed by atoms with E-state index in [1.54, 1.807) is 0 Å². The zero-order valence-corrected chi connectivity index (χ0v) is 18.8. The molecule has 2 aliphatic carbocycles. The predicted molar refractivity (Wildman–Crippen MR) is 109 cm³/mol. The molecule has 2 saturated carbocycles. The molecule has 28 heavy (non-hydrogen) atoms. The average molecular weight is 397 g/mol. The Hall–Kier alpha value is -1.10. The second kappa shape index (κ2) is 8.33. The summed E-state index contributed by atoms with van der Waals surface area (Å²) in [5, 5.41) is 11.4. The van der Waals surface area contributed by atoms with E-state index in [1.165, 1.54) is 14.0 Å². The molecule has 0 spiro atoms. The minimum absolute atomic E-state index is 0.0551. The van der Waals surface area contributed by atoms with E-state index in [0.29, 0.717) is 12.8 Å². The topological polar surface area (TPSA) is 72.8 Å². The maximum Gasteiger partial charge on any atom is 0.305 e. The molecule has 0 aromatic carbocycles. The summed E-state index contributed by atoms with van der Waals surface area (Å²) >= 11 is 0. The van der Waals surface area contributed by atoms with Gasteiger partial charge in [0.2, 0.25) is 0 Å². The Bertz CT molecular complexity index is 582. The predicted octanol–water partition coefficient (Wildman–Crippen LogP) is 4.50. The van der Waals surface area contributed by atoms with E-state index in [2.05, 4.69) is 27.7 Å². The second-order valence-electron chi connectivity index (χ2n) is 10.6. The highest BCUT2D eigenvalue weighted by Crippen LogP contribution is 2.63. The van der Waals surface area contributed by atoms with Gasteiger partial charge in [0, 0.05) is 25.7 Å². The molecule has 0 heterocycles. The minimum atomic E-state index is -0.899. The molecule has 0 aliphatic heterocycles. The van der Waals surface area contributed by atoms with Crippen molar-refractivity contribution in [2.75, 3.05) is 7.11 Å². The fourth-order valence-electron chi connectivity index (χ4n) is 6.71. The number of aliphatic hydroxyl groups is 1. The van der Waals surface area contributed by atoms with Gasteiger partial charge in [-0.1, -0.05) is 34.1 Å². The van der Waals surface area contributed by atoms with Crippen LogP contribution >= 0.6 is 0 Å². The lowest BCUT2D eigenvalue weighted by molar-refractivity contribution is -0.225. The zero-order chi connectivity index (χ0) is 21.3. The SMILES string of the molecule is COC(=O)CC(C)CCC1C(C)(O)CC(OC(C)=O)C2C(C)(C)CCCC21C. The Kier molecular flexibility index (Phi) is 6.90. The number of hydrogen-bond acceptors (Lipinski definition) is 5. The monoisotopic (exact) mass is 396 g/mol. The maximum absolute atomic E-state index is 11.8. The molecule has 6 atom stereocenters. The molecule has 0 aromatic rings. The number of fused-ring (bicyclic) bond motifs is 1. The number of rotatable bonds is 6. The summed E-state index contributed by atoms with van der Waals surface area (Å²) in [5.41, 5.74) is -0.947. The van der Waals surface area contributed by atoms with Crippen LogP contribution in [0.4, 0.5) is 0 Å². The van der Waals surface area contributed by atoms with Crippen molar-refractivity contribution in [1.82, 2.24) is 0 Å². The van der Waals surface area contributed by atoms with Gasteiger partial charge in [-0.05, 0) is 55.3 Å². The summed E-state index contributed by atoms with van der Waals surface area (Å²) in [6.07, 6.45) is 5.63. The van der Waals surface area contributed by atoms with Crippen LogP contribution in [0.25, 0.3) is 0 Å². The lowest BCUT2D eigenvalue weighted by Crippen LogP contribution is -2.63. The van der Waals surface area contributed by atoms with Crippen molar-refractivity contribution in [1.29, 1.82) is 0 Å². The van der Waals surface area contributed by atoms with Gasteiger partial charge in [-0.25, -0.2) is 0 Å². The van der Waals surface area contributed by atoms with Crippen molar-refractivity contribution in [2.45, 2.75) is 98.2 Å². The molecule has 2 aliphatic rings. The van der Waals surface area contributed by atoms with Gasteiger partial charge in [0.15, 0.2) is 0 Å². The summed E-state index contributed by atoms with van der Waals surface area (Å²) in [4.78, 5) is 23.4. The lowest BCUT2D eigenvalue weighted by Gasteiger charge is -2.63. The lowest BCUT2D eigenvalue weighted by atomic mass is 9.44. The van der Waals surface area contributed by atoms with E-state index in [-0.39, 0.29) is 46.6 Å². The van der Waals surface area contributed by atoms with E-state index < -0.39 is 5.60 Å². The molecule has 0 bridgehead atoms. The Morgan fingerprint density at radius 2 is 1.82 bits per heavy atom. The number of ether oxygens (including phenoxy) is 2. The van der Waals surface area contributed by atoms with Gasteiger partial charge in [0.25, 0.3) is 0 Å². The van der Waals surface area contributed by atoms with Gasteiger partial charge in [0.05, 0.1) is 12.7 Å². The summed E-state index contributed by atoms with van der Waals surface area (Å²) in [6, 6.07) is 0. The highest BCUT2D eigenvalue weighted by atomic mass is 16.5. The third-order valence-corrected chi connectivity index (χ3v) is 7.63. The molecule has 0 amide bonds. The molecular weight excluding hydrogens is 356 g/mol. The maximum atomic E-state index is 11.8. The molecule has 0 radical (unpaired) electrons. The van der Waals surface area contributed by atoms with Crippen molar-refractivity contribution >= 4 is 11.9 Å². The van der Waals surface area contributed by atoms with Gasteiger partial charge in [-0.3, -0.25) is 9.59 Å². The number of carbonyl (C=O) groups excluding carboxylic acids is 2. The van der Waals surface area contributed by atoms with Gasteiger partial charge in [-0.2, -0.15) is 0 Å². The third-order valence-electron chi connectivity index (χ3n) is 7.63. The fourth-order valence-corrected chi connectivity index (χ4v) is 6.71. The number of esters is 2. The standard InChI is InChI=1S/C23H40O5/c1-15(13-19(25)27-7)9-10-18-22(5)12-8-11-21(3,4)20(22)17(28-16(2)24)14-23(18,6)26/h15,17-18,20,26H,8-14H2,1-7H3. The Morgan fingerprint density at radius 1 is 1.18 bits per heavy atom. The summed E-state index contributed by atoms with van der Waals surface area (Å²) < 4.78 is 10.6. The minimum Gasteiger partial charge on any atom is -0.469 e. The summed E-state index contributed by atoms with van der Waals surface area (Å²) in [7, 11) is 1.42. The highest BCUT2D eigenvalue weighted by molar-refractivity contribution is 5.69. The molecular formula is C23H40O5. The van der Waals surface area contributed by atoms with Crippen LogP contribution in [0.2, 0.25) is 0 Å². The molecule has 162 valence electrons. The second-order valence-corrected chi connectivity index (χ2v) is 10.6. The summed E-state index contributed by atoms with van der Waals surface area (Å²) in [5.74, 6) is 0.0961. The molecule has 6 unspecified atom stereocenters. The van der Waals surface area contributed by atoms with Crippen molar-refractivity contribution < 1.29 is 24.2 Å². The smallest absolute Gasteiger partial charge is 0.305 e. The molecule has 5 heteroatoms. The zero-order valence-electron chi connectivity index (χ0n) is 18.8. The van der Waals surface area contributed by atoms with Crippen LogP contribution < -0.4 is 0 Å². The third kappa shape index (κ3) is 4.72. The van der Waals surface area contributed by atoms with Crippen LogP contribution in [0.1, 0.15) is 86.5 Å². The molecule has 5 nitrogen and oxygen atoms in total. The van der Waals surface area contributed by atoms with Crippen molar-refractivity contribution in [3.63, 3.8) is 0 Å². The van der Waals surface area contributed by atoms with Gasteiger partial charge >= 0.3 is 11.9 Å². The Labute approximate surface area is 170 Å². The number of hydrogen-bond donors (Lipinski definition) is 1. The van der Waals surface area contributed by atoms with Crippen LogP contribution in [-0.4, -0.2) is 35.9 Å². The highest BCUT2D eigenvalue weighted by Gasteiger charge is 2.62. The molecule has 2 fully saturated rings. The molecule has 0 aromatic heterocycles. The summed E-state index contributed by atoms with van der Waals surface area (Å²) in [6.45, 7) is 12.3. The quantitative estimate of drug-likeness (QED) is 0.669. The molecule has 0 saturated heterocycles. The first-order valence-corrected chi connectivity index (χ1v) is 10.8. The van der Waals surface area contributed by atoms with E-state index in [4.69, 9.17) is 9.47 Å². The van der Waals surface area contributed by atoms with Gasteiger partial charge in [0.1, 0.15) is 6.10 Å². The van der Waals surface area contributed by atoms with Crippen molar-refractivity contribution in [2.24, 2.45) is 28.6 Å². The van der Waals surface area contributed by atoms with Crippen molar-refractivity contribution in [3.05, 3.63) is 0 Å². The van der Waals surface area contributed by atoms with E-state index in [1.807, 2.05) is 6.92 Å². The first-order valence-electron chi connectivity index (χ1n) is 10.8. The Morgan fingerprint density at radius 3 is 2.39 bits per heavy atom. The van der Waals surface area contributed by atoms with Crippen LogP contribution in [0, 0.1) is 28.6 Å². The van der Waals surface area contributed by atoms with Crippen LogP contribution in [-0.2, 0) is 19.1 Å². The fraction of sp³-hybridized carbons (Fsp3) is 0.913. The largest absolute Gasteiger partial charge is 0.469 e. The van der Waals surface area contributed by atoms with Crippen LogP contribution in [0.15, 0.2) is 0 Å². The van der Waals surface area contributed by atoms with Gasteiger partial charge < -0.3 is 14.6 Å². The number of carbonyl (C=O) groups is 2. The molecule has 2 rings (SSSR count). The normalized spacial score (nSPS) is 38.2. The number of methoxy groups -OCH3 is 1. The van der Waals surface area contributed by atoms with Crippen LogP contribution in [0.5, 0.6) is 0 Å². The van der Waals surface area contributed by atoms with Crippen LogP contribution in [0.3, 0.4) is 0 Å². The van der Waals surface area contributed by atoms with E-state index >= 15 is 0 Å². The van der Waals surface area contributed by atoms with Crippen molar-refractivity contribution in [3.8, 4) is 0 Å². The first kappa shape index (κ1) is 23.2. The first-order chi connectivity index (χ1) is 12.8.